The molecule has 0 aromatic heterocycles. The molecule has 2 N–H and O–H groups in total. The standard InChI is InChI=1S/C11H21N3/c1-7-6-12-10(13-7)14-8(2)9-5-11(9,3)4/h7-9H,5-6H2,1-4H3,(H2,12,13,14). The molecule has 0 saturated heterocycles. The van der Waals surface area contributed by atoms with Crippen LogP contribution in [0.2, 0.25) is 0 Å². The van der Waals surface area contributed by atoms with Crippen molar-refractivity contribution in [3.63, 3.8) is 0 Å². The van der Waals surface area contributed by atoms with Crippen LogP contribution in [0.4, 0.5) is 0 Å². The summed E-state index contributed by atoms with van der Waals surface area (Å²) in [6.45, 7) is 9.99. The summed E-state index contributed by atoms with van der Waals surface area (Å²) in [5.74, 6) is 1.80. The Bertz CT molecular complexity index is 257. The van der Waals surface area contributed by atoms with E-state index in [9.17, 15) is 0 Å². The van der Waals surface area contributed by atoms with Gasteiger partial charge in [0.2, 0.25) is 0 Å². The van der Waals surface area contributed by atoms with Crippen molar-refractivity contribution < 1.29 is 0 Å². The summed E-state index contributed by atoms with van der Waals surface area (Å²) >= 11 is 0. The molecule has 80 valence electrons. The van der Waals surface area contributed by atoms with E-state index in [1.54, 1.807) is 0 Å². The molecule has 14 heavy (non-hydrogen) atoms. The minimum atomic E-state index is 0.497. The van der Waals surface area contributed by atoms with Gasteiger partial charge in [0.05, 0.1) is 6.54 Å². The lowest BCUT2D eigenvalue weighted by molar-refractivity contribution is 0.471. The minimum absolute atomic E-state index is 0.497. The van der Waals surface area contributed by atoms with Gasteiger partial charge in [0.1, 0.15) is 0 Å². The first-order chi connectivity index (χ1) is 6.49. The number of guanidine groups is 1. The van der Waals surface area contributed by atoms with Gasteiger partial charge in [0.15, 0.2) is 5.96 Å². The molecule has 0 amide bonds. The summed E-state index contributed by atoms with van der Waals surface area (Å²) in [6.07, 6.45) is 1.34. The lowest BCUT2D eigenvalue weighted by Crippen LogP contribution is -2.43. The van der Waals surface area contributed by atoms with Crippen molar-refractivity contribution in [1.82, 2.24) is 10.6 Å². The maximum atomic E-state index is 4.41. The molecule has 0 spiro atoms. The van der Waals surface area contributed by atoms with Crippen LogP contribution in [0, 0.1) is 11.3 Å². The SMILES string of the molecule is CC1CN=C(NC(C)C2CC2(C)C)N1. The second-order valence-corrected chi connectivity index (χ2v) is 5.47. The van der Waals surface area contributed by atoms with Crippen molar-refractivity contribution in [2.75, 3.05) is 6.54 Å². The highest BCUT2D eigenvalue weighted by Gasteiger charge is 2.48. The molecular formula is C11H21N3. The number of nitrogens with zero attached hydrogens (tertiary/aromatic N) is 1. The zero-order valence-corrected chi connectivity index (χ0v) is 9.59. The Hall–Kier alpha value is -0.730. The number of hydrogen-bond donors (Lipinski definition) is 2. The average Bonchev–Trinajstić information content (AvgIpc) is 2.51. The maximum absolute atomic E-state index is 4.41. The largest absolute Gasteiger partial charge is 0.354 e. The zero-order valence-electron chi connectivity index (χ0n) is 9.59. The van der Waals surface area contributed by atoms with E-state index in [0.717, 1.165) is 18.4 Å². The van der Waals surface area contributed by atoms with Gasteiger partial charge in [-0.05, 0) is 31.6 Å². The van der Waals surface area contributed by atoms with Crippen LogP contribution in [0.3, 0.4) is 0 Å². The lowest BCUT2D eigenvalue weighted by atomic mass is 10.1. The smallest absolute Gasteiger partial charge is 0.191 e. The highest BCUT2D eigenvalue weighted by Crippen LogP contribution is 2.53. The van der Waals surface area contributed by atoms with Crippen LogP contribution in [0.15, 0.2) is 4.99 Å². The molecule has 3 heteroatoms. The Morgan fingerprint density at radius 2 is 2.21 bits per heavy atom. The van der Waals surface area contributed by atoms with Crippen LogP contribution in [0.25, 0.3) is 0 Å². The average molecular weight is 195 g/mol. The lowest BCUT2D eigenvalue weighted by Gasteiger charge is -2.17. The molecule has 3 nitrogen and oxygen atoms in total. The van der Waals surface area contributed by atoms with Crippen LogP contribution >= 0.6 is 0 Å². The van der Waals surface area contributed by atoms with Crippen molar-refractivity contribution in [3.05, 3.63) is 0 Å². The summed E-state index contributed by atoms with van der Waals surface area (Å²) in [7, 11) is 0. The molecule has 3 atom stereocenters. The van der Waals surface area contributed by atoms with E-state index in [0.29, 0.717) is 17.5 Å². The summed E-state index contributed by atoms with van der Waals surface area (Å²) in [6, 6.07) is 1.04. The third-order valence-corrected chi connectivity index (χ3v) is 3.46. The van der Waals surface area contributed by atoms with Crippen molar-refractivity contribution in [3.8, 4) is 0 Å². The molecule has 2 aliphatic rings. The van der Waals surface area contributed by atoms with Gasteiger partial charge < -0.3 is 10.6 Å². The molecule has 1 aliphatic heterocycles. The van der Waals surface area contributed by atoms with E-state index in [-0.39, 0.29) is 0 Å². The summed E-state index contributed by atoms with van der Waals surface area (Å²) in [5, 5.41) is 6.80. The highest BCUT2D eigenvalue weighted by atomic mass is 15.2. The van der Waals surface area contributed by atoms with Crippen LogP contribution in [-0.2, 0) is 0 Å². The molecule has 1 heterocycles. The summed E-state index contributed by atoms with van der Waals surface area (Å²) in [5.41, 5.74) is 0.539. The Morgan fingerprint density at radius 3 is 2.64 bits per heavy atom. The van der Waals surface area contributed by atoms with Crippen LogP contribution < -0.4 is 10.6 Å². The maximum Gasteiger partial charge on any atom is 0.191 e. The van der Waals surface area contributed by atoms with Gasteiger partial charge in [-0.25, -0.2) is 0 Å². The van der Waals surface area contributed by atoms with E-state index < -0.39 is 0 Å². The molecule has 0 aromatic carbocycles. The zero-order chi connectivity index (χ0) is 10.3. The van der Waals surface area contributed by atoms with Gasteiger partial charge in [0.25, 0.3) is 0 Å². The van der Waals surface area contributed by atoms with Crippen molar-refractivity contribution in [2.24, 2.45) is 16.3 Å². The number of hydrogen-bond acceptors (Lipinski definition) is 3. The van der Waals surface area contributed by atoms with Gasteiger partial charge in [0, 0.05) is 12.1 Å². The molecule has 3 unspecified atom stereocenters. The molecule has 0 radical (unpaired) electrons. The molecule has 1 aliphatic carbocycles. The van der Waals surface area contributed by atoms with Gasteiger partial charge in [-0.3, -0.25) is 4.99 Å². The second kappa shape index (κ2) is 3.14. The third kappa shape index (κ3) is 1.86. The summed E-state index contributed by atoms with van der Waals surface area (Å²) < 4.78 is 0. The predicted molar refractivity (Wildman–Crippen MR) is 59.4 cm³/mol. The first kappa shape index (κ1) is 9.81. The minimum Gasteiger partial charge on any atom is -0.354 e. The van der Waals surface area contributed by atoms with Gasteiger partial charge in [-0.1, -0.05) is 13.8 Å². The fraction of sp³-hybridized carbons (Fsp3) is 0.909. The van der Waals surface area contributed by atoms with Crippen molar-refractivity contribution in [1.29, 1.82) is 0 Å². The molecule has 2 rings (SSSR count). The first-order valence-corrected chi connectivity index (χ1v) is 5.56. The van der Waals surface area contributed by atoms with E-state index in [2.05, 4.69) is 43.3 Å². The molecule has 1 fully saturated rings. The Morgan fingerprint density at radius 1 is 1.57 bits per heavy atom. The predicted octanol–water partition coefficient (Wildman–Crippen LogP) is 1.36. The van der Waals surface area contributed by atoms with E-state index in [1.807, 2.05) is 0 Å². The Balaban J connectivity index is 1.81. The monoisotopic (exact) mass is 195 g/mol. The molecule has 0 aromatic rings. The number of aliphatic imine (C=N–C) groups is 1. The molecule has 1 saturated carbocycles. The van der Waals surface area contributed by atoms with Gasteiger partial charge >= 0.3 is 0 Å². The summed E-state index contributed by atoms with van der Waals surface area (Å²) in [4.78, 5) is 4.41. The second-order valence-electron chi connectivity index (χ2n) is 5.47. The van der Waals surface area contributed by atoms with Gasteiger partial charge in [-0.2, -0.15) is 0 Å². The van der Waals surface area contributed by atoms with E-state index in [1.165, 1.54) is 6.42 Å². The van der Waals surface area contributed by atoms with E-state index >= 15 is 0 Å². The van der Waals surface area contributed by atoms with Crippen LogP contribution in [-0.4, -0.2) is 24.6 Å². The van der Waals surface area contributed by atoms with E-state index in [4.69, 9.17) is 0 Å². The number of nitrogens with one attached hydrogen (secondary N) is 2. The normalized spacial score (nSPS) is 35.9. The van der Waals surface area contributed by atoms with Gasteiger partial charge in [-0.15, -0.1) is 0 Å². The van der Waals surface area contributed by atoms with Crippen molar-refractivity contribution >= 4 is 5.96 Å². The fourth-order valence-corrected chi connectivity index (χ4v) is 2.32. The highest BCUT2D eigenvalue weighted by molar-refractivity contribution is 5.82. The third-order valence-electron chi connectivity index (χ3n) is 3.46. The fourth-order valence-electron chi connectivity index (χ4n) is 2.32. The number of rotatable bonds is 2. The first-order valence-electron chi connectivity index (χ1n) is 5.56. The quantitative estimate of drug-likeness (QED) is 0.698. The Kier molecular flexibility index (Phi) is 2.20. The van der Waals surface area contributed by atoms with Crippen molar-refractivity contribution in [2.45, 2.75) is 46.2 Å². The van der Waals surface area contributed by atoms with Crippen LogP contribution in [0.5, 0.6) is 0 Å². The topological polar surface area (TPSA) is 36.4 Å². The Labute approximate surface area is 86.4 Å². The molecular weight excluding hydrogens is 174 g/mol. The molecule has 0 bridgehead atoms. The van der Waals surface area contributed by atoms with Crippen LogP contribution in [0.1, 0.15) is 34.1 Å².